The lowest BCUT2D eigenvalue weighted by molar-refractivity contribution is -0.120. The van der Waals surface area contributed by atoms with Crippen LogP contribution in [0.1, 0.15) is 37.0 Å². The molecule has 0 radical (unpaired) electrons. The van der Waals surface area contributed by atoms with E-state index in [1.54, 1.807) is 33.2 Å². The minimum absolute atomic E-state index is 0.146. The zero-order valence-corrected chi connectivity index (χ0v) is 12.4. The molecule has 2 amide bonds. The van der Waals surface area contributed by atoms with Crippen molar-refractivity contribution in [3.8, 4) is 0 Å². The van der Waals surface area contributed by atoms with Crippen molar-refractivity contribution in [2.24, 2.45) is 5.73 Å². The first-order valence-corrected chi connectivity index (χ1v) is 6.56. The maximum atomic E-state index is 12.1. The molecule has 1 heterocycles. The van der Waals surface area contributed by atoms with E-state index < -0.39 is 5.54 Å². The van der Waals surface area contributed by atoms with Crippen molar-refractivity contribution in [2.45, 2.75) is 32.2 Å². The third-order valence-corrected chi connectivity index (χ3v) is 2.94. The zero-order valence-electron chi connectivity index (χ0n) is 12.4. The molecule has 1 rings (SSSR count). The van der Waals surface area contributed by atoms with Gasteiger partial charge in [0.05, 0.1) is 5.54 Å². The minimum Gasteiger partial charge on any atom is -0.345 e. The Morgan fingerprint density at radius 3 is 2.65 bits per heavy atom. The number of amides is 2. The third-order valence-electron chi connectivity index (χ3n) is 2.94. The molecular weight excluding hydrogens is 256 g/mol. The molecule has 0 bridgehead atoms. The van der Waals surface area contributed by atoms with Gasteiger partial charge in [-0.25, -0.2) is 4.98 Å². The van der Waals surface area contributed by atoms with Crippen LogP contribution in [0.25, 0.3) is 0 Å². The number of nitrogens with one attached hydrogen (secondary N) is 1. The maximum Gasteiger partial charge on any atom is 0.253 e. The van der Waals surface area contributed by atoms with Crippen molar-refractivity contribution < 1.29 is 9.59 Å². The first kappa shape index (κ1) is 16.1. The van der Waals surface area contributed by atoms with E-state index in [9.17, 15) is 9.59 Å². The monoisotopic (exact) mass is 278 g/mol. The van der Waals surface area contributed by atoms with Crippen molar-refractivity contribution in [3.63, 3.8) is 0 Å². The number of hydrogen-bond acceptors (Lipinski definition) is 4. The highest BCUT2D eigenvalue weighted by molar-refractivity contribution is 5.99. The highest BCUT2D eigenvalue weighted by Gasteiger charge is 2.27. The lowest BCUT2D eigenvalue weighted by atomic mass is 9.96. The van der Waals surface area contributed by atoms with Crippen LogP contribution >= 0.6 is 0 Å². The number of nitrogens with two attached hydrogens (primary N) is 1. The summed E-state index contributed by atoms with van der Waals surface area (Å²) < 4.78 is 0. The number of rotatable bonds is 5. The first-order chi connectivity index (χ1) is 9.27. The van der Waals surface area contributed by atoms with E-state index in [0.717, 1.165) is 6.42 Å². The van der Waals surface area contributed by atoms with Crippen molar-refractivity contribution in [1.29, 1.82) is 0 Å². The predicted octanol–water partition coefficient (Wildman–Crippen LogP) is 1.24. The van der Waals surface area contributed by atoms with Crippen LogP contribution in [-0.2, 0) is 4.79 Å². The van der Waals surface area contributed by atoms with Crippen LogP contribution in [0.15, 0.2) is 18.3 Å². The van der Waals surface area contributed by atoms with Crippen LogP contribution < -0.4 is 11.1 Å². The molecule has 110 valence electrons. The average molecular weight is 278 g/mol. The Morgan fingerprint density at radius 2 is 2.10 bits per heavy atom. The van der Waals surface area contributed by atoms with E-state index in [2.05, 4.69) is 10.3 Å². The second-order valence-corrected chi connectivity index (χ2v) is 5.25. The lowest BCUT2D eigenvalue weighted by Gasteiger charge is -2.22. The van der Waals surface area contributed by atoms with Crippen molar-refractivity contribution in [3.05, 3.63) is 23.9 Å². The number of anilines is 1. The summed E-state index contributed by atoms with van der Waals surface area (Å²) in [4.78, 5) is 29.4. The number of nitrogens with zero attached hydrogens (tertiary/aromatic N) is 2. The minimum atomic E-state index is -0.946. The first-order valence-electron chi connectivity index (χ1n) is 6.56. The molecule has 0 aromatic carbocycles. The average Bonchev–Trinajstić information content (AvgIpc) is 2.37. The van der Waals surface area contributed by atoms with Crippen molar-refractivity contribution in [1.82, 2.24) is 9.88 Å². The lowest BCUT2D eigenvalue weighted by Crippen LogP contribution is -2.48. The molecule has 1 aromatic heterocycles. The fraction of sp³-hybridized carbons (Fsp3) is 0.500. The normalized spacial score (nSPS) is 13.4. The number of carbonyl (C=O) groups excluding carboxylic acids is 2. The van der Waals surface area contributed by atoms with E-state index in [1.807, 2.05) is 6.92 Å². The Kier molecular flexibility index (Phi) is 5.21. The summed E-state index contributed by atoms with van der Waals surface area (Å²) in [6.07, 6.45) is 2.88. The van der Waals surface area contributed by atoms with Crippen LogP contribution in [0.4, 0.5) is 5.82 Å². The summed E-state index contributed by atoms with van der Waals surface area (Å²) in [5.74, 6) is -0.122. The number of aromatic nitrogens is 1. The largest absolute Gasteiger partial charge is 0.345 e. The quantitative estimate of drug-likeness (QED) is 0.848. The molecule has 1 unspecified atom stereocenters. The van der Waals surface area contributed by atoms with Gasteiger partial charge < -0.3 is 16.0 Å². The Morgan fingerprint density at radius 1 is 1.45 bits per heavy atom. The van der Waals surface area contributed by atoms with Crippen LogP contribution in [0.2, 0.25) is 0 Å². The highest BCUT2D eigenvalue weighted by Crippen LogP contribution is 2.14. The number of pyridine rings is 1. The summed E-state index contributed by atoms with van der Waals surface area (Å²) in [6, 6.07) is 3.15. The van der Waals surface area contributed by atoms with Gasteiger partial charge in [-0.05, 0) is 25.5 Å². The van der Waals surface area contributed by atoms with Crippen LogP contribution in [0.3, 0.4) is 0 Å². The van der Waals surface area contributed by atoms with Gasteiger partial charge in [0.1, 0.15) is 5.82 Å². The molecule has 0 fully saturated rings. The molecule has 0 aliphatic carbocycles. The molecule has 20 heavy (non-hydrogen) atoms. The summed E-state index contributed by atoms with van der Waals surface area (Å²) in [5, 5.41) is 2.66. The Hall–Kier alpha value is -1.95. The second kappa shape index (κ2) is 6.47. The smallest absolute Gasteiger partial charge is 0.253 e. The third kappa shape index (κ3) is 4.03. The molecule has 1 atom stereocenters. The number of hydrogen-bond donors (Lipinski definition) is 2. The van der Waals surface area contributed by atoms with Gasteiger partial charge in [-0.15, -0.1) is 0 Å². The molecule has 0 aliphatic heterocycles. The van der Waals surface area contributed by atoms with E-state index in [0.29, 0.717) is 17.8 Å². The van der Waals surface area contributed by atoms with Crippen LogP contribution in [0, 0.1) is 0 Å². The Bertz CT molecular complexity index is 498. The summed E-state index contributed by atoms with van der Waals surface area (Å²) >= 11 is 0. The van der Waals surface area contributed by atoms with E-state index in [-0.39, 0.29) is 11.8 Å². The predicted molar refractivity (Wildman–Crippen MR) is 78.4 cm³/mol. The topological polar surface area (TPSA) is 88.3 Å². The van der Waals surface area contributed by atoms with E-state index >= 15 is 0 Å². The van der Waals surface area contributed by atoms with Gasteiger partial charge >= 0.3 is 0 Å². The van der Waals surface area contributed by atoms with Crippen LogP contribution in [-0.4, -0.2) is 41.3 Å². The van der Waals surface area contributed by atoms with Gasteiger partial charge in [-0.1, -0.05) is 13.3 Å². The Labute approximate surface area is 119 Å². The molecule has 0 saturated heterocycles. The van der Waals surface area contributed by atoms with Crippen molar-refractivity contribution >= 4 is 17.6 Å². The van der Waals surface area contributed by atoms with Gasteiger partial charge in [0.25, 0.3) is 5.91 Å². The molecule has 3 N–H and O–H groups in total. The summed E-state index contributed by atoms with van der Waals surface area (Å²) in [6.45, 7) is 3.65. The standard InChI is InChI=1S/C14H22N4O2/c1-5-7-14(2,15)13(20)17-11-9-10(6-8-16-11)12(19)18(3)4/h6,8-9H,5,7,15H2,1-4H3,(H,16,17,20). The number of carbonyl (C=O) groups is 2. The second-order valence-electron chi connectivity index (χ2n) is 5.25. The van der Waals surface area contributed by atoms with Gasteiger partial charge in [-0.3, -0.25) is 9.59 Å². The summed E-state index contributed by atoms with van der Waals surface area (Å²) in [7, 11) is 3.33. The molecule has 6 heteroatoms. The van der Waals surface area contributed by atoms with Gasteiger partial charge in [-0.2, -0.15) is 0 Å². The molecule has 0 spiro atoms. The molecule has 0 aliphatic rings. The van der Waals surface area contributed by atoms with E-state index in [1.165, 1.54) is 11.1 Å². The van der Waals surface area contributed by atoms with Crippen LogP contribution in [0.5, 0.6) is 0 Å². The van der Waals surface area contributed by atoms with Crippen molar-refractivity contribution in [2.75, 3.05) is 19.4 Å². The van der Waals surface area contributed by atoms with Gasteiger partial charge in [0.2, 0.25) is 5.91 Å². The fourth-order valence-corrected chi connectivity index (χ4v) is 1.78. The molecule has 6 nitrogen and oxygen atoms in total. The SMILES string of the molecule is CCCC(C)(N)C(=O)Nc1cc(C(=O)N(C)C)ccn1. The van der Waals surface area contributed by atoms with E-state index in [4.69, 9.17) is 5.73 Å². The fourth-order valence-electron chi connectivity index (χ4n) is 1.78. The molecule has 0 saturated carbocycles. The van der Waals surface area contributed by atoms with Gasteiger partial charge in [0, 0.05) is 25.9 Å². The molecule has 1 aromatic rings. The zero-order chi connectivity index (χ0) is 15.3. The maximum absolute atomic E-state index is 12.1. The van der Waals surface area contributed by atoms with Gasteiger partial charge in [0.15, 0.2) is 0 Å². The molecular formula is C14H22N4O2. The highest BCUT2D eigenvalue weighted by atomic mass is 16.2. The summed E-state index contributed by atoms with van der Waals surface area (Å²) in [5.41, 5.74) is 5.47. The Balaban J connectivity index is 2.86.